The van der Waals surface area contributed by atoms with Gasteiger partial charge in [-0.2, -0.15) is 9.67 Å². The summed E-state index contributed by atoms with van der Waals surface area (Å²) >= 11 is 0. The monoisotopic (exact) mass is 377 g/mol. The molecule has 3 aromatic rings. The van der Waals surface area contributed by atoms with E-state index in [0.29, 0.717) is 5.56 Å². The predicted octanol–water partition coefficient (Wildman–Crippen LogP) is 1.12. The molecule has 0 radical (unpaired) electrons. The van der Waals surface area contributed by atoms with E-state index < -0.39 is 0 Å². The number of aromatic nitrogens is 4. The van der Waals surface area contributed by atoms with Gasteiger partial charge >= 0.3 is 0 Å². The fourth-order valence-corrected chi connectivity index (χ4v) is 4.42. The lowest BCUT2D eigenvalue weighted by Crippen LogP contribution is -2.41. The lowest BCUT2D eigenvalue weighted by atomic mass is 9.88. The second-order valence-corrected chi connectivity index (χ2v) is 7.34. The number of hydrogen-bond donors (Lipinski definition) is 4. The maximum Gasteiger partial charge on any atom is 0.281 e. The second kappa shape index (κ2) is 5.95. The van der Waals surface area contributed by atoms with E-state index in [-0.39, 0.29) is 47.5 Å². The third-order valence-corrected chi connectivity index (χ3v) is 5.70. The molecule has 2 heterocycles. The number of carbonyl (C=O) groups is 2. The van der Waals surface area contributed by atoms with Crippen molar-refractivity contribution in [1.82, 2.24) is 19.7 Å². The fraction of sp³-hybridized carbons (Fsp3) is 0.263. The highest BCUT2D eigenvalue weighted by molar-refractivity contribution is 6.00. The van der Waals surface area contributed by atoms with Crippen molar-refractivity contribution in [2.45, 2.75) is 12.5 Å². The van der Waals surface area contributed by atoms with Crippen LogP contribution in [-0.2, 0) is 4.79 Å². The molecule has 28 heavy (non-hydrogen) atoms. The Bertz CT molecular complexity index is 1130. The van der Waals surface area contributed by atoms with E-state index >= 15 is 0 Å². The maximum absolute atomic E-state index is 13.0. The summed E-state index contributed by atoms with van der Waals surface area (Å²) in [6.45, 7) is 0. The number of fused-ring (bicyclic) bond motifs is 3. The first kappa shape index (κ1) is 16.5. The average Bonchev–Trinajstić information content (AvgIpc) is 3.43. The van der Waals surface area contributed by atoms with Crippen LogP contribution in [0.4, 0.5) is 11.9 Å². The van der Waals surface area contributed by atoms with Crippen LogP contribution in [0.25, 0.3) is 10.9 Å². The smallest absolute Gasteiger partial charge is 0.281 e. The zero-order valence-electron chi connectivity index (χ0n) is 14.9. The summed E-state index contributed by atoms with van der Waals surface area (Å²) in [7, 11) is 0. The highest BCUT2D eigenvalue weighted by atomic mass is 16.2. The number of hydrogen-bond acceptors (Lipinski definition) is 6. The summed E-state index contributed by atoms with van der Waals surface area (Å²) in [5.41, 5.74) is 12.7. The number of nitrogens with zero attached hydrogens (tertiary/aromatic N) is 3. The number of amides is 1. The molecule has 6 N–H and O–H groups in total. The minimum Gasteiger partial charge on any atom is -0.369 e. The molecule has 4 atom stereocenters. The van der Waals surface area contributed by atoms with Crippen LogP contribution in [0.2, 0.25) is 0 Å². The van der Waals surface area contributed by atoms with Crippen molar-refractivity contribution in [1.29, 1.82) is 0 Å². The van der Waals surface area contributed by atoms with Gasteiger partial charge in [-0.1, -0.05) is 18.2 Å². The zero-order valence-corrected chi connectivity index (χ0v) is 14.9. The molecule has 9 heteroatoms. The lowest BCUT2D eigenvalue weighted by Gasteiger charge is -2.26. The Morgan fingerprint density at radius 2 is 2.04 bits per heavy atom. The van der Waals surface area contributed by atoms with Crippen molar-refractivity contribution in [3.63, 3.8) is 0 Å². The Labute approximate surface area is 159 Å². The normalized spacial score (nSPS) is 25.4. The number of aromatic amines is 1. The molecule has 0 aliphatic heterocycles. The third-order valence-electron chi connectivity index (χ3n) is 5.70. The quantitative estimate of drug-likeness (QED) is 0.501. The number of nitrogens with two attached hydrogens (primary N) is 2. The molecule has 0 saturated heterocycles. The molecule has 2 aliphatic carbocycles. The first-order chi connectivity index (χ1) is 13.5. The van der Waals surface area contributed by atoms with Gasteiger partial charge in [-0.05, 0) is 41.8 Å². The molecule has 0 spiro atoms. The topological polar surface area (TPSA) is 145 Å². The molecule has 2 aromatic heterocycles. The number of rotatable bonds is 4. The first-order valence-corrected chi connectivity index (χ1v) is 9.10. The van der Waals surface area contributed by atoms with Gasteiger partial charge in [-0.15, -0.1) is 5.10 Å². The molecule has 142 valence electrons. The van der Waals surface area contributed by atoms with Crippen molar-refractivity contribution in [3.05, 3.63) is 48.2 Å². The summed E-state index contributed by atoms with van der Waals surface area (Å²) in [5, 5.41) is 8.27. The molecule has 2 bridgehead atoms. The summed E-state index contributed by atoms with van der Waals surface area (Å²) in [5.74, 6) is -0.627. The molecule has 1 fully saturated rings. The van der Waals surface area contributed by atoms with Crippen LogP contribution in [-0.4, -0.2) is 37.6 Å². The standard InChI is InChI=1S/C19H19N7O2/c20-16(27)14-10-2-3-11(7-10)15(14)23-19-24-18(21)25-26(19)17(28)12-4-1-9-5-6-22-13(9)8-12/h1-6,8,10-11,14-15,22H,7H2,(H2,20,27)(H3,21,23,24,25). The first-order valence-electron chi connectivity index (χ1n) is 9.10. The van der Waals surface area contributed by atoms with Crippen molar-refractivity contribution in [3.8, 4) is 0 Å². The molecule has 9 nitrogen and oxygen atoms in total. The number of H-pyrrole nitrogens is 1. The van der Waals surface area contributed by atoms with Gasteiger partial charge in [-0.25, -0.2) is 0 Å². The number of primary amides is 1. The molecular weight excluding hydrogens is 358 g/mol. The van der Waals surface area contributed by atoms with E-state index in [1.54, 1.807) is 12.1 Å². The van der Waals surface area contributed by atoms with E-state index in [0.717, 1.165) is 22.0 Å². The maximum atomic E-state index is 13.0. The van der Waals surface area contributed by atoms with E-state index in [4.69, 9.17) is 11.5 Å². The van der Waals surface area contributed by atoms with Crippen LogP contribution in [0.5, 0.6) is 0 Å². The summed E-state index contributed by atoms with van der Waals surface area (Å²) in [6.07, 6.45) is 6.78. The Kier molecular flexibility index (Phi) is 3.51. The minimum atomic E-state index is -0.364. The minimum absolute atomic E-state index is 0.0221. The van der Waals surface area contributed by atoms with Crippen LogP contribution >= 0.6 is 0 Å². The van der Waals surface area contributed by atoms with Crippen LogP contribution in [0.1, 0.15) is 16.8 Å². The number of anilines is 2. The Balaban J connectivity index is 1.48. The Morgan fingerprint density at radius 3 is 2.86 bits per heavy atom. The van der Waals surface area contributed by atoms with Crippen LogP contribution in [0.3, 0.4) is 0 Å². The largest absolute Gasteiger partial charge is 0.369 e. The van der Waals surface area contributed by atoms with Gasteiger partial charge in [0.25, 0.3) is 5.91 Å². The van der Waals surface area contributed by atoms with Gasteiger partial charge in [0.05, 0.1) is 5.92 Å². The highest BCUT2D eigenvalue weighted by Gasteiger charge is 2.48. The fourth-order valence-electron chi connectivity index (χ4n) is 4.42. The molecule has 4 unspecified atom stereocenters. The van der Waals surface area contributed by atoms with Crippen molar-refractivity contribution in [2.75, 3.05) is 11.1 Å². The van der Waals surface area contributed by atoms with Gasteiger partial charge < -0.3 is 21.8 Å². The average molecular weight is 377 g/mol. The number of nitrogens with one attached hydrogen (secondary N) is 2. The lowest BCUT2D eigenvalue weighted by molar-refractivity contribution is -0.122. The van der Waals surface area contributed by atoms with Gasteiger partial charge in [0, 0.05) is 23.3 Å². The van der Waals surface area contributed by atoms with Crippen molar-refractivity contribution >= 4 is 34.6 Å². The zero-order chi connectivity index (χ0) is 19.4. The molecule has 1 saturated carbocycles. The van der Waals surface area contributed by atoms with E-state index in [1.807, 2.05) is 24.4 Å². The van der Waals surface area contributed by atoms with E-state index in [9.17, 15) is 9.59 Å². The van der Waals surface area contributed by atoms with Crippen molar-refractivity contribution in [2.24, 2.45) is 23.5 Å². The number of carbonyl (C=O) groups excluding carboxylic acids is 2. The van der Waals surface area contributed by atoms with E-state index in [2.05, 4.69) is 26.5 Å². The molecular formula is C19H19N7O2. The summed E-state index contributed by atoms with van der Waals surface area (Å²) in [6, 6.07) is 7.03. The van der Waals surface area contributed by atoms with Gasteiger partial charge in [0.15, 0.2) is 0 Å². The summed E-state index contributed by atoms with van der Waals surface area (Å²) in [4.78, 5) is 32.2. The van der Waals surface area contributed by atoms with E-state index in [1.165, 1.54) is 0 Å². The third kappa shape index (κ3) is 2.47. The predicted molar refractivity (Wildman–Crippen MR) is 103 cm³/mol. The van der Waals surface area contributed by atoms with Gasteiger partial charge in [-0.3, -0.25) is 9.59 Å². The highest BCUT2D eigenvalue weighted by Crippen LogP contribution is 2.44. The van der Waals surface area contributed by atoms with Crippen LogP contribution in [0.15, 0.2) is 42.6 Å². The molecule has 1 amide bonds. The van der Waals surface area contributed by atoms with Crippen LogP contribution in [0, 0.1) is 17.8 Å². The molecule has 1 aromatic carbocycles. The SMILES string of the molecule is NC(=O)C1C2C=CC(C2)C1Nc1nc(N)nn1C(=O)c1ccc2cc[nH]c2c1. The number of benzene rings is 1. The van der Waals surface area contributed by atoms with Crippen LogP contribution < -0.4 is 16.8 Å². The van der Waals surface area contributed by atoms with Gasteiger partial charge in [0.1, 0.15) is 0 Å². The number of allylic oxidation sites excluding steroid dienone is 1. The Morgan fingerprint density at radius 1 is 1.21 bits per heavy atom. The molecule has 2 aliphatic rings. The summed E-state index contributed by atoms with van der Waals surface area (Å²) < 4.78 is 1.15. The second-order valence-electron chi connectivity index (χ2n) is 7.34. The number of nitrogen functional groups attached to an aromatic ring is 1. The Hall–Kier alpha value is -3.62. The van der Waals surface area contributed by atoms with Gasteiger partial charge in [0.2, 0.25) is 17.8 Å². The van der Waals surface area contributed by atoms with Crippen molar-refractivity contribution < 1.29 is 9.59 Å². The molecule has 5 rings (SSSR count).